The molecule has 1 N–H and O–H groups in total. The Balaban J connectivity index is 4.51. The zero-order chi connectivity index (χ0) is 11.8. The predicted molar refractivity (Wildman–Crippen MR) is 63.9 cm³/mol. The molecule has 0 aromatic carbocycles. The van der Waals surface area contributed by atoms with Crippen LogP contribution in [0.1, 0.15) is 53.4 Å². The molecule has 88 valence electrons. The van der Waals surface area contributed by atoms with Crippen LogP contribution in [0.4, 0.5) is 0 Å². The number of ketones is 1. The summed E-state index contributed by atoms with van der Waals surface area (Å²) in [6, 6.07) is 0. The topological polar surface area (TPSA) is 37.3 Å². The predicted octanol–water partition coefficient (Wildman–Crippen LogP) is 3.87. The second-order valence-electron chi connectivity index (χ2n) is 4.00. The van der Waals surface area contributed by atoms with Gasteiger partial charge in [0.15, 0.2) is 5.78 Å². The Morgan fingerprint density at radius 3 is 1.73 bits per heavy atom. The Bertz CT molecular complexity index is 211. The quantitative estimate of drug-likeness (QED) is 0.514. The van der Waals surface area contributed by atoms with Crippen molar-refractivity contribution < 1.29 is 9.90 Å². The summed E-state index contributed by atoms with van der Waals surface area (Å²) in [5.41, 5.74) is 0. The summed E-state index contributed by atoms with van der Waals surface area (Å²) < 4.78 is 0. The lowest BCUT2D eigenvalue weighted by molar-refractivity contribution is -0.118. The molecule has 0 bridgehead atoms. The summed E-state index contributed by atoms with van der Waals surface area (Å²) in [6.07, 6.45) is 4.91. The van der Waals surface area contributed by atoms with Crippen molar-refractivity contribution in [3.05, 3.63) is 11.8 Å². The van der Waals surface area contributed by atoms with Gasteiger partial charge in [-0.1, -0.05) is 27.7 Å². The highest BCUT2D eigenvalue weighted by atomic mass is 16.3. The van der Waals surface area contributed by atoms with Crippen LogP contribution < -0.4 is 0 Å². The maximum absolute atomic E-state index is 11.7. The van der Waals surface area contributed by atoms with E-state index in [0.29, 0.717) is 0 Å². The van der Waals surface area contributed by atoms with Gasteiger partial charge in [0.2, 0.25) is 0 Å². The minimum Gasteiger partial charge on any atom is -0.512 e. The SMILES string of the molecule is CCC(CC)C(=O)/C=C(\O)C(CC)CC. The average molecular weight is 212 g/mol. The fourth-order valence-corrected chi connectivity index (χ4v) is 1.78. The smallest absolute Gasteiger partial charge is 0.162 e. The van der Waals surface area contributed by atoms with E-state index in [-0.39, 0.29) is 23.4 Å². The summed E-state index contributed by atoms with van der Waals surface area (Å²) >= 11 is 0. The molecule has 15 heavy (non-hydrogen) atoms. The van der Waals surface area contributed by atoms with E-state index in [1.807, 2.05) is 27.7 Å². The molecule has 0 aliphatic rings. The first-order valence-corrected chi connectivity index (χ1v) is 6.04. The molecule has 2 heteroatoms. The highest BCUT2D eigenvalue weighted by molar-refractivity contribution is 5.92. The van der Waals surface area contributed by atoms with Crippen LogP contribution in [-0.2, 0) is 4.79 Å². The maximum Gasteiger partial charge on any atom is 0.162 e. The summed E-state index contributed by atoms with van der Waals surface area (Å²) in [4.78, 5) is 11.7. The van der Waals surface area contributed by atoms with Gasteiger partial charge in [-0.05, 0) is 25.7 Å². The van der Waals surface area contributed by atoms with Gasteiger partial charge >= 0.3 is 0 Å². The molecule has 0 rings (SSSR count). The molecule has 0 unspecified atom stereocenters. The number of carbonyl (C=O) groups excluding carboxylic acids is 1. The van der Waals surface area contributed by atoms with E-state index < -0.39 is 0 Å². The van der Waals surface area contributed by atoms with Crippen LogP contribution in [0.25, 0.3) is 0 Å². The van der Waals surface area contributed by atoms with E-state index in [2.05, 4.69) is 0 Å². The van der Waals surface area contributed by atoms with E-state index in [1.165, 1.54) is 6.08 Å². The molecule has 0 heterocycles. The average Bonchev–Trinajstić information content (AvgIpc) is 2.21. The van der Waals surface area contributed by atoms with E-state index in [1.54, 1.807) is 0 Å². The van der Waals surface area contributed by atoms with E-state index in [0.717, 1.165) is 25.7 Å². The van der Waals surface area contributed by atoms with Crippen molar-refractivity contribution >= 4 is 5.78 Å². The molecule has 0 atom stereocenters. The van der Waals surface area contributed by atoms with Gasteiger partial charge in [0.1, 0.15) is 0 Å². The van der Waals surface area contributed by atoms with Gasteiger partial charge in [0, 0.05) is 17.9 Å². The number of allylic oxidation sites excluding steroid dienone is 2. The van der Waals surface area contributed by atoms with E-state index in [9.17, 15) is 9.90 Å². The number of aliphatic hydroxyl groups is 1. The summed E-state index contributed by atoms with van der Waals surface area (Å²) in [5, 5.41) is 9.76. The van der Waals surface area contributed by atoms with Crippen molar-refractivity contribution in [1.29, 1.82) is 0 Å². The van der Waals surface area contributed by atoms with Gasteiger partial charge in [0.25, 0.3) is 0 Å². The van der Waals surface area contributed by atoms with Crippen LogP contribution in [0.2, 0.25) is 0 Å². The van der Waals surface area contributed by atoms with E-state index in [4.69, 9.17) is 0 Å². The molecule has 0 aliphatic heterocycles. The lowest BCUT2D eigenvalue weighted by Crippen LogP contribution is -2.12. The third-order valence-corrected chi connectivity index (χ3v) is 3.08. The second kappa shape index (κ2) is 7.49. The van der Waals surface area contributed by atoms with E-state index >= 15 is 0 Å². The lowest BCUT2D eigenvalue weighted by atomic mass is 9.94. The zero-order valence-corrected chi connectivity index (χ0v) is 10.4. The lowest BCUT2D eigenvalue weighted by Gasteiger charge is -2.13. The molecule has 0 amide bonds. The molecular weight excluding hydrogens is 188 g/mol. The van der Waals surface area contributed by atoms with Crippen LogP contribution in [-0.4, -0.2) is 10.9 Å². The van der Waals surface area contributed by atoms with Crippen molar-refractivity contribution in [1.82, 2.24) is 0 Å². The summed E-state index contributed by atoms with van der Waals surface area (Å²) in [5.74, 6) is 0.547. The first kappa shape index (κ1) is 14.2. The summed E-state index contributed by atoms with van der Waals surface area (Å²) in [6.45, 7) is 8.07. The number of hydrogen-bond donors (Lipinski definition) is 1. The number of carbonyl (C=O) groups is 1. The fourth-order valence-electron chi connectivity index (χ4n) is 1.78. The maximum atomic E-state index is 11.7. The molecule has 0 aromatic rings. The highest BCUT2D eigenvalue weighted by Crippen LogP contribution is 2.18. The molecule has 0 aliphatic carbocycles. The number of rotatable bonds is 7. The molecule has 0 spiro atoms. The minimum atomic E-state index is 0.0708. The van der Waals surface area contributed by atoms with Crippen LogP contribution in [0.3, 0.4) is 0 Å². The Hall–Kier alpha value is -0.790. The van der Waals surface area contributed by atoms with Crippen molar-refractivity contribution in [2.45, 2.75) is 53.4 Å². The Morgan fingerprint density at radius 2 is 1.40 bits per heavy atom. The van der Waals surface area contributed by atoms with Gasteiger partial charge in [-0.3, -0.25) is 4.79 Å². The van der Waals surface area contributed by atoms with Crippen LogP contribution >= 0.6 is 0 Å². The third-order valence-electron chi connectivity index (χ3n) is 3.08. The first-order valence-electron chi connectivity index (χ1n) is 6.04. The van der Waals surface area contributed by atoms with Gasteiger partial charge in [0.05, 0.1) is 5.76 Å². The normalized spacial score (nSPS) is 12.5. The zero-order valence-electron chi connectivity index (χ0n) is 10.4. The molecule has 0 saturated heterocycles. The van der Waals surface area contributed by atoms with Gasteiger partial charge in [-0.2, -0.15) is 0 Å². The molecule has 2 nitrogen and oxygen atoms in total. The van der Waals surface area contributed by atoms with Crippen molar-refractivity contribution in [2.24, 2.45) is 11.8 Å². The van der Waals surface area contributed by atoms with Gasteiger partial charge in [-0.25, -0.2) is 0 Å². The first-order chi connectivity index (χ1) is 7.10. The minimum absolute atomic E-state index is 0.0708. The summed E-state index contributed by atoms with van der Waals surface area (Å²) in [7, 11) is 0. The van der Waals surface area contributed by atoms with Crippen molar-refractivity contribution in [3.63, 3.8) is 0 Å². The Labute approximate surface area is 93.4 Å². The largest absolute Gasteiger partial charge is 0.512 e. The standard InChI is InChI=1S/C13H24O2/c1-5-10(6-2)12(14)9-13(15)11(7-3)8-4/h9-11,14H,5-8H2,1-4H3/b12-9-. The molecule has 0 aromatic heterocycles. The highest BCUT2D eigenvalue weighted by Gasteiger charge is 2.15. The van der Waals surface area contributed by atoms with Crippen molar-refractivity contribution in [3.8, 4) is 0 Å². The number of aliphatic hydroxyl groups excluding tert-OH is 1. The molecule has 0 fully saturated rings. The molecule has 0 radical (unpaired) electrons. The monoisotopic (exact) mass is 212 g/mol. The van der Waals surface area contributed by atoms with Crippen LogP contribution in [0.15, 0.2) is 11.8 Å². The van der Waals surface area contributed by atoms with Crippen molar-refractivity contribution in [2.75, 3.05) is 0 Å². The Kier molecular flexibility index (Phi) is 7.10. The van der Waals surface area contributed by atoms with Crippen LogP contribution in [0.5, 0.6) is 0 Å². The number of hydrogen-bond acceptors (Lipinski definition) is 2. The Morgan fingerprint density at radius 1 is 1.00 bits per heavy atom. The fraction of sp³-hybridized carbons (Fsp3) is 0.769. The van der Waals surface area contributed by atoms with Gasteiger partial charge in [-0.15, -0.1) is 0 Å². The molecule has 0 saturated carbocycles. The third kappa shape index (κ3) is 4.50. The molecular formula is C13H24O2. The van der Waals surface area contributed by atoms with Crippen LogP contribution in [0, 0.1) is 11.8 Å². The second-order valence-corrected chi connectivity index (χ2v) is 4.00. The van der Waals surface area contributed by atoms with Gasteiger partial charge < -0.3 is 5.11 Å².